The van der Waals surface area contributed by atoms with Crippen LogP contribution in [0.3, 0.4) is 0 Å². The molecule has 4 heterocycles. The van der Waals surface area contributed by atoms with E-state index in [4.69, 9.17) is 21.9 Å². The van der Waals surface area contributed by atoms with E-state index in [1.165, 1.54) is 63.1 Å². The smallest absolute Gasteiger partial charge is 0.267 e. The molecular formula is C30H42N4O3S2. The molecule has 0 aliphatic carbocycles. The topological polar surface area (TPSA) is 75.9 Å². The molecule has 0 saturated carbocycles. The number of thiocarbonyl (C=S) groups is 1. The molecule has 39 heavy (non-hydrogen) atoms. The van der Waals surface area contributed by atoms with Crippen molar-refractivity contribution in [3.05, 3.63) is 44.7 Å². The van der Waals surface area contributed by atoms with E-state index in [-0.39, 0.29) is 17.6 Å². The number of carbonyl (C=O) groups excluding carboxylic acids is 1. The van der Waals surface area contributed by atoms with Crippen molar-refractivity contribution in [3.63, 3.8) is 0 Å². The second kappa shape index (κ2) is 15.0. The zero-order chi connectivity index (χ0) is 27.6. The molecule has 0 radical (unpaired) electrons. The van der Waals surface area contributed by atoms with Crippen LogP contribution < -0.4 is 10.9 Å². The van der Waals surface area contributed by atoms with E-state index in [0.717, 1.165) is 37.9 Å². The Labute approximate surface area is 241 Å². The number of ether oxygens (including phenoxy) is 1. The Balaban J connectivity index is 1.40. The molecule has 2 fully saturated rings. The first kappa shape index (κ1) is 29.7. The van der Waals surface area contributed by atoms with Crippen molar-refractivity contribution in [1.29, 1.82) is 0 Å². The van der Waals surface area contributed by atoms with Gasteiger partial charge in [-0.25, -0.2) is 4.98 Å². The third kappa shape index (κ3) is 8.14. The molecule has 212 valence electrons. The van der Waals surface area contributed by atoms with Crippen molar-refractivity contribution in [2.24, 2.45) is 0 Å². The van der Waals surface area contributed by atoms with E-state index in [1.807, 2.05) is 19.1 Å². The van der Waals surface area contributed by atoms with Crippen LogP contribution in [-0.4, -0.2) is 50.3 Å². The van der Waals surface area contributed by atoms with Crippen molar-refractivity contribution in [2.45, 2.75) is 97.0 Å². The van der Waals surface area contributed by atoms with E-state index >= 15 is 0 Å². The predicted octanol–water partition coefficient (Wildman–Crippen LogP) is 6.72. The van der Waals surface area contributed by atoms with E-state index in [1.54, 1.807) is 21.6 Å². The van der Waals surface area contributed by atoms with Crippen molar-refractivity contribution in [1.82, 2.24) is 14.3 Å². The van der Waals surface area contributed by atoms with Crippen LogP contribution in [-0.2, 0) is 9.53 Å². The Hall–Kier alpha value is -2.23. The number of hydrogen-bond donors (Lipinski definition) is 1. The normalized spacial score (nSPS) is 18.7. The quantitative estimate of drug-likeness (QED) is 0.145. The largest absolute Gasteiger partial charge is 0.376 e. The highest BCUT2D eigenvalue weighted by Crippen LogP contribution is 2.33. The maximum Gasteiger partial charge on any atom is 0.267 e. The number of fused-ring (bicyclic) bond motifs is 1. The van der Waals surface area contributed by atoms with Gasteiger partial charge in [-0.2, -0.15) is 0 Å². The molecule has 1 unspecified atom stereocenters. The maximum absolute atomic E-state index is 13.6. The van der Waals surface area contributed by atoms with Crippen LogP contribution >= 0.6 is 24.0 Å². The highest BCUT2D eigenvalue weighted by atomic mass is 32.2. The van der Waals surface area contributed by atoms with Crippen LogP contribution in [0.15, 0.2) is 28.0 Å². The molecule has 2 aromatic heterocycles. The number of unbranched alkanes of at least 4 members (excludes halogenated alkanes) is 9. The van der Waals surface area contributed by atoms with Gasteiger partial charge in [0, 0.05) is 25.9 Å². The summed E-state index contributed by atoms with van der Waals surface area (Å²) >= 11 is 6.83. The van der Waals surface area contributed by atoms with Gasteiger partial charge >= 0.3 is 0 Å². The molecule has 1 amide bonds. The average molecular weight is 571 g/mol. The fraction of sp³-hybridized carbons (Fsp3) is 0.600. The minimum Gasteiger partial charge on any atom is -0.376 e. The first-order valence-electron chi connectivity index (χ1n) is 14.6. The van der Waals surface area contributed by atoms with Crippen molar-refractivity contribution in [3.8, 4) is 0 Å². The van der Waals surface area contributed by atoms with Crippen molar-refractivity contribution < 1.29 is 9.53 Å². The third-order valence-corrected chi connectivity index (χ3v) is 8.79. The first-order valence-corrected chi connectivity index (χ1v) is 15.8. The number of anilines is 1. The second-order valence-corrected chi connectivity index (χ2v) is 12.3. The molecule has 1 atom stereocenters. The number of nitrogens with one attached hydrogen (secondary N) is 1. The van der Waals surface area contributed by atoms with Gasteiger partial charge in [-0.15, -0.1) is 0 Å². The summed E-state index contributed by atoms with van der Waals surface area (Å²) in [6.45, 7) is 6.13. The second-order valence-electron chi connectivity index (χ2n) is 10.6. The lowest BCUT2D eigenvalue weighted by molar-refractivity contribution is -0.122. The minimum absolute atomic E-state index is 0.0930. The van der Waals surface area contributed by atoms with Crippen LogP contribution in [0.5, 0.6) is 0 Å². The van der Waals surface area contributed by atoms with Gasteiger partial charge in [0.05, 0.1) is 16.6 Å². The summed E-state index contributed by atoms with van der Waals surface area (Å²) in [7, 11) is 0. The number of nitrogens with zero attached hydrogens (tertiary/aromatic N) is 3. The molecule has 7 nitrogen and oxygen atoms in total. The number of amides is 1. The Bertz CT molecular complexity index is 1240. The molecule has 1 N–H and O–H groups in total. The number of aromatic nitrogens is 2. The summed E-state index contributed by atoms with van der Waals surface area (Å²) in [4.78, 5) is 33.8. The highest BCUT2D eigenvalue weighted by molar-refractivity contribution is 8.26. The van der Waals surface area contributed by atoms with E-state index in [0.29, 0.717) is 39.3 Å². The Morgan fingerprint density at radius 3 is 2.51 bits per heavy atom. The van der Waals surface area contributed by atoms with E-state index in [2.05, 4.69) is 12.2 Å². The average Bonchev–Trinajstić information content (AvgIpc) is 3.54. The van der Waals surface area contributed by atoms with Gasteiger partial charge in [0.25, 0.3) is 11.5 Å². The lowest BCUT2D eigenvalue weighted by atomic mass is 10.1. The van der Waals surface area contributed by atoms with Gasteiger partial charge in [0.2, 0.25) is 0 Å². The Morgan fingerprint density at radius 2 is 1.82 bits per heavy atom. The van der Waals surface area contributed by atoms with Gasteiger partial charge in [-0.1, -0.05) is 94.8 Å². The molecular weight excluding hydrogens is 528 g/mol. The maximum atomic E-state index is 13.6. The number of aryl methyl sites for hydroxylation is 1. The summed E-state index contributed by atoms with van der Waals surface area (Å²) in [6.07, 6.45) is 18.0. The number of rotatable bonds is 15. The summed E-state index contributed by atoms with van der Waals surface area (Å²) in [5, 5.41) is 3.33. The van der Waals surface area contributed by atoms with Crippen molar-refractivity contribution >= 4 is 51.7 Å². The lowest BCUT2D eigenvalue weighted by Gasteiger charge is -2.15. The molecule has 9 heteroatoms. The van der Waals surface area contributed by atoms with Crippen LogP contribution in [0.4, 0.5) is 5.82 Å². The molecule has 4 rings (SSSR count). The van der Waals surface area contributed by atoms with Gasteiger partial charge < -0.3 is 10.1 Å². The van der Waals surface area contributed by atoms with Crippen LogP contribution in [0, 0.1) is 6.92 Å². The molecule has 2 aliphatic rings. The van der Waals surface area contributed by atoms with Gasteiger partial charge in [0.15, 0.2) is 0 Å². The fourth-order valence-electron chi connectivity index (χ4n) is 5.12. The Kier molecular flexibility index (Phi) is 11.4. The molecule has 2 saturated heterocycles. The van der Waals surface area contributed by atoms with E-state index < -0.39 is 0 Å². The number of hydrogen-bond acceptors (Lipinski definition) is 7. The number of carbonyl (C=O) groups is 1. The van der Waals surface area contributed by atoms with Crippen molar-refractivity contribution in [2.75, 3.05) is 25.0 Å². The van der Waals surface area contributed by atoms with Gasteiger partial charge in [-0.3, -0.25) is 18.9 Å². The summed E-state index contributed by atoms with van der Waals surface area (Å²) < 4.78 is 7.84. The van der Waals surface area contributed by atoms with Gasteiger partial charge in [0.1, 0.15) is 15.8 Å². The van der Waals surface area contributed by atoms with Crippen LogP contribution in [0.25, 0.3) is 11.7 Å². The minimum atomic E-state index is -0.210. The zero-order valence-electron chi connectivity index (χ0n) is 23.4. The monoisotopic (exact) mass is 570 g/mol. The standard InChI is InChI=1S/C30H42N4O3S2/c1-3-4-5-6-7-8-9-10-11-12-17-33-29(36)25(39-30(33)38)19-24-27(31-20-23-14-13-18-37-23)32-26-16-15-22(2)21-34(26)28(24)35/h15-16,19,21,23,31H,3-14,17-18,20H2,1-2H3. The molecule has 0 spiro atoms. The zero-order valence-corrected chi connectivity index (χ0v) is 25.0. The fourth-order valence-corrected chi connectivity index (χ4v) is 6.41. The molecule has 0 aromatic carbocycles. The van der Waals surface area contributed by atoms with Gasteiger partial charge in [-0.05, 0) is 43.9 Å². The predicted molar refractivity (Wildman–Crippen MR) is 165 cm³/mol. The van der Waals surface area contributed by atoms with Crippen LogP contribution in [0.1, 0.15) is 95.1 Å². The van der Waals surface area contributed by atoms with Crippen LogP contribution in [0.2, 0.25) is 0 Å². The molecule has 2 aromatic rings. The SMILES string of the molecule is CCCCCCCCCCCCN1C(=O)C(=Cc2c(NCC3CCCO3)nc3ccc(C)cn3c2=O)SC1=S. The summed E-state index contributed by atoms with van der Waals surface area (Å²) in [5.41, 5.74) is 1.68. The highest BCUT2D eigenvalue weighted by Gasteiger charge is 2.32. The van der Waals surface area contributed by atoms with E-state index in [9.17, 15) is 9.59 Å². The Morgan fingerprint density at radius 1 is 1.10 bits per heavy atom. The summed E-state index contributed by atoms with van der Waals surface area (Å²) in [5.74, 6) is 0.346. The first-order chi connectivity index (χ1) is 19.0. The summed E-state index contributed by atoms with van der Waals surface area (Å²) in [6, 6.07) is 3.77. The lowest BCUT2D eigenvalue weighted by Crippen LogP contribution is -2.29. The number of thioether (sulfide) groups is 1. The number of pyridine rings is 1. The third-order valence-electron chi connectivity index (χ3n) is 7.41. The molecule has 0 bridgehead atoms. The molecule has 2 aliphatic heterocycles.